The molecule has 0 spiro atoms. The van der Waals surface area contributed by atoms with Gasteiger partial charge in [-0.3, -0.25) is 0 Å². The number of rotatable bonds is 9. The molecule has 0 amide bonds. The number of hydrogen-bond donors (Lipinski definition) is 2. The van der Waals surface area contributed by atoms with Gasteiger partial charge in [0.15, 0.2) is 0 Å². The van der Waals surface area contributed by atoms with Gasteiger partial charge in [-0.2, -0.15) is 0 Å². The molecule has 1 aliphatic heterocycles. The topological polar surface area (TPSA) is 50.7 Å². The zero-order valence-electron chi connectivity index (χ0n) is 17.4. The monoisotopic (exact) mass is 401 g/mol. The van der Waals surface area contributed by atoms with E-state index in [1.165, 1.54) is 12.1 Å². The highest BCUT2D eigenvalue weighted by atomic mass is 19.1. The van der Waals surface area contributed by atoms with Crippen molar-refractivity contribution < 1.29 is 19.0 Å². The van der Waals surface area contributed by atoms with E-state index in [0.717, 1.165) is 49.9 Å². The van der Waals surface area contributed by atoms with Crippen molar-refractivity contribution in [3.8, 4) is 11.5 Å². The summed E-state index contributed by atoms with van der Waals surface area (Å²) in [7, 11) is 1.70. The fourth-order valence-electron chi connectivity index (χ4n) is 4.17. The van der Waals surface area contributed by atoms with Gasteiger partial charge in [-0.05, 0) is 63.3 Å². The van der Waals surface area contributed by atoms with Crippen molar-refractivity contribution >= 4 is 0 Å². The van der Waals surface area contributed by atoms with E-state index in [1.807, 2.05) is 31.2 Å². The minimum absolute atomic E-state index is 0.0946. The lowest BCUT2D eigenvalue weighted by Gasteiger charge is -2.40. The van der Waals surface area contributed by atoms with E-state index in [0.29, 0.717) is 24.5 Å². The molecule has 0 aromatic heterocycles. The smallest absolute Gasteiger partial charge is 0.133 e. The van der Waals surface area contributed by atoms with Crippen LogP contribution in [0.15, 0.2) is 42.5 Å². The largest absolute Gasteiger partial charge is 0.457 e. The lowest BCUT2D eigenvalue weighted by Crippen LogP contribution is -2.44. The zero-order chi connectivity index (χ0) is 20.7. The Bertz CT molecular complexity index is 791. The van der Waals surface area contributed by atoms with Gasteiger partial charge in [0, 0.05) is 37.8 Å². The van der Waals surface area contributed by atoms with Crippen molar-refractivity contribution in [1.29, 1.82) is 0 Å². The van der Waals surface area contributed by atoms with Crippen molar-refractivity contribution in [3.05, 3.63) is 59.4 Å². The molecule has 29 heavy (non-hydrogen) atoms. The fraction of sp³-hybridized carbons (Fsp3) is 0.500. The van der Waals surface area contributed by atoms with Crippen LogP contribution in [0.1, 0.15) is 43.2 Å². The van der Waals surface area contributed by atoms with Gasteiger partial charge < -0.3 is 19.9 Å². The molecule has 2 N–H and O–H groups in total. The Kier molecular flexibility index (Phi) is 7.64. The Hall–Kier alpha value is -1.95. The molecule has 0 aliphatic carbocycles. The molecule has 2 atom stereocenters. The van der Waals surface area contributed by atoms with Crippen molar-refractivity contribution in [2.24, 2.45) is 5.92 Å². The molecular weight excluding hydrogens is 369 g/mol. The fourth-order valence-corrected chi connectivity index (χ4v) is 4.17. The summed E-state index contributed by atoms with van der Waals surface area (Å²) in [5, 5.41) is 15.4. The van der Waals surface area contributed by atoms with E-state index >= 15 is 0 Å². The molecule has 0 radical (unpaired) electrons. The van der Waals surface area contributed by atoms with Crippen molar-refractivity contribution in [2.45, 2.75) is 44.6 Å². The lowest BCUT2D eigenvalue weighted by atomic mass is 9.74. The van der Waals surface area contributed by atoms with Crippen molar-refractivity contribution in [1.82, 2.24) is 5.32 Å². The third-order valence-corrected chi connectivity index (χ3v) is 5.85. The molecule has 0 bridgehead atoms. The molecule has 1 fully saturated rings. The minimum atomic E-state index is -1.01. The van der Waals surface area contributed by atoms with Gasteiger partial charge in [0.1, 0.15) is 17.3 Å². The number of para-hydroxylation sites is 1. The Balaban J connectivity index is 1.93. The summed E-state index contributed by atoms with van der Waals surface area (Å²) in [6.45, 7) is 4.32. The van der Waals surface area contributed by atoms with Gasteiger partial charge in [0.2, 0.25) is 0 Å². The minimum Gasteiger partial charge on any atom is -0.457 e. The van der Waals surface area contributed by atoms with E-state index in [-0.39, 0.29) is 11.7 Å². The van der Waals surface area contributed by atoms with Crippen LogP contribution in [-0.4, -0.2) is 31.9 Å². The number of piperidine rings is 1. The second-order valence-electron chi connectivity index (χ2n) is 7.93. The maximum Gasteiger partial charge on any atom is 0.133 e. The van der Waals surface area contributed by atoms with Crippen LogP contribution >= 0.6 is 0 Å². The van der Waals surface area contributed by atoms with Gasteiger partial charge >= 0.3 is 0 Å². The second-order valence-corrected chi connectivity index (χ2v) is 7.93. The average Bonchev–Trinajstić information content (AvgIpc) is 2.75. The summed E-state index contributed by atoms with van der Waals surface area (Å²) in [6, 6.07) is 12.1. The molecule has 5 heteroatoms. The molecule has 2 aromatic rings. The highest BCUT2D eigenvalue weighted by Gasteiger charge is 2.40. The molecule has 0 saturated carbocycles. The Morgan fingerprint density at radius 3 is 2.76 bits per heavy atom. The number of halogens is 1. The van der Waals surface area contributed by atoms with Gasteiger partial charge in [-0.25, -0.2) is 4.39 Å². The van der Waals surface area contributed by atoms with Crippen molar-refractivity contribution in [3.63, 3.8) is 0 Å². The maximum atomic E-state index is 13.8. The Morgan fingerprint density at radius 2 is 2.00 bits per heavy atom. The van der Waals surface area contributed by atoms with Crippen LogP contribution in [0.5, 0.6) is 11.5 Å². The predicted molar refractivity (Wildman–Crippen MR) is 113 cm³/mol. The normalized spacial score (nSPS) is 19.0. The molecule has 1 unspecified atom stereocenters. The molecule has 1 heterocycles. The van der Waals surface area contributed by atoms with Crippen LogP contribution in [0.2, 0.25) is 0 Å². The zero-order valence-corrected chi connectivity index (χ0v) is 17.4. The Morgan fingerprint density at radius 1 is 1.17 bits per heavy atom. The highest BCUT2D eigenvalue weighted by Crippen LogP contribution is 2.43. The number of aliphatic hydroxyl groups is 1. The molecule has 3 rings (SSSR count). The average molecular weight is 402 g/mol. The number of methoxy groups -OCH3 is 1. The molecule has 158 valence electrons. The summed E-state index contributed by atoms with van der Waals surface area (Å²) >= 11 is 0. The van der Waals surface area contributed by atoms with Crippen LogP contribution in [-0.2, 0) is 10.3 Å². The van der Waals surface area contributed by atoms with Crippen LogP contribution in [0.3, 0.4) is 0 Å². The predicted octanol–water partition coefficient (Wildman–Crippen LogP) is 4.93. The first kappa shape index (κ1) is 21.8. The van der Waals surface area contributed by atoms with Crippen LogP contribution in [0.4, 0.5) is 4.39 Å². The van der Waals surface area contributed by atoms with E-state index in [2.05, 4.69) is 5.32 Å². The Labute approximate surface area is 173 Å². The standard InChI is InChI=1S/C24H32FNO3/c1-18-11-12-20(25)16-23(18)29-22-10-4-3-9-21(22)24(27,13-5-6-15-28-2)19-8-7-14-26-17-19/h3-4,9-12,16,19,26-27H,5-8,13-15,17H2,1-2H3/t19?,24-/m0/s1. The van der Waals surface area contributed by atoms with Gasteiger partial charge in [-0.15, -0.1) is 0 Å². The van der Waals surface area contributed by atoms with Crippen LogP contribution < -0.4 is 10.1 Å². The van der Waals surface area contributed by atoms with Crippen LogP contribution in [0, 0.1) is 18.7 Å². The van der Waals surface area contributed by atoms with Gasteiger partial charge in [-0.1, -0.05) is 24.3 Å². The summed E-state index contributed by atoms with van der Waals surface area (Å²) in [5.74, 6) is 0.813. The number of nitrogens with one attached hydrogen (secondary N) is 1. The first-order valence-corrected chi connectivity index (χ1v) is 10.5. The molecule has 1 aliphatic rings. The number of ether oxygens (including phenoxy) is 2. The van der Waals surface area contributed by atoms with Gasteiger partial charge in [0.05, 0.1) is 5.60 Å². The third-order valence-electron chi connectivity index (χ3n) is 5.85. The van der Waals surface area contributed by atoms with E-state index < -0.39 is 5.60 Å². The molecular formula is C24H32FNO3. The number of benzene rings is 2. The van der Waals surface area contributed by atoms with Gasteiger partial charge in [0.25, 0.3) is 0 Å². The quantitative estimate of drug-likeness (QED) is 0.585. The highest BCUT2D eigenvalue weighted by molar-refractivity contribution is 5.44. The summed E-state index contributed by atoms with van der Waals surface area (Å²) in [5.41, 5.74) is 0.609. The lowest BCUT2D eigenvalue weighted by molar-refractivity contribution is -0.0447. The first-order valence-electron chi connectivity index (χ1n) is 10.5. The van der Waals surface area contributed by atoms with Crippen molar-refractivity contribution in [2.75, 3.05) is 26.8 Å². The molecule has 4 nitrogen and oxygen atoms in total. The number of aryl methyl sites for hydroxylation is 1. The summed E-state index contributed by atoms with van der Waals surface area (Å²) < 4.78 is 25.1. The third kappa shape index (κ3) is 5.35. The molecule has 1 saturated heterocycles. The van der Waals surface area contributed by atoms with E-state index in [1.54, 1.807) is 13.2 Å². The number of hydrogen-bond acceptors (Lipinski definition) is 4. The second kappa shape index (κ2) is 10.2. The molecule has 2 aromatic carbocycles. The first-order chi connectivity index (χ1) is 14.0. The summed E-state index contributed by atoms with van der Waals surface area (Å²) in [4.78, 5) is 0. The van der Waals surface area contributed by atoms with Crippen LogP contribution in [0.25, 0.3) is 0 Å². The van der Waals surface area contributed by atoms with E-state index in [4.69, 9.17) is 9.47 Å². The maximum absolute atomic E-state index is 13.8. The van der Waals surface area contributed by atoms with E-state index in [9.17, 15) is 9.50 Å². The SMILES string of the molecule is COCCCC[C@@](O)(c1ccccc1Oc1cc(F)ccc1C)C1CCCNC1. The summed E-state index contributed by atoms with van der Waals surface area (Å²) in [6.07, 6.45) is 4.38. The number of unbranched alkanes of at least 4 members (excludes halogenated alkanes) is 1.